The van der Waals surface area contributed by atoms with Gasteiger partial charge >= 0.3 is 5.97 Å². The van der Waals surface area contributed by atoms with Gasteiger partial charge in [0.1, 0.15) is 6.29 Å². The zero-order chi connectivity index (χ0) is 11.6. The number of hydrogen-bond acceptors (Lipinski definition) is 4. The van der Waals surface area contributed by atoms with E-state index >= 15 is 0 Å². The lowest BCUT2D eigenvalue weighted by Gasteiger charge is -2.13. The van der Waals surface area contributed by atoms with E-state index in [-0.39, 0.29) is 12.8 Å². The van der Waals surface area contributed by atoms with E-state index in [1.807, 2.05) is 13.8 Å². The van der Waals surface area contributed by atoms with Crippen molar-refractivity contribution in [2.45, 2.75) is 33.6 Å². The molecular formula is C9H17NO4. The van der Waals surface area contributed by atoms with Crippen LogP contribution in [0, 0.1) is 0 Å². The fourth-order valence-electron chi connectivity index (χ4n) is 0.584. The number of hydrogen-bond donors (Lipinski definition) is 0. The molecule has 0 aromatic heterocycles. The topological polar surface area (TPSA) is 63.7 Å². The summed E-state index contributed by atoms with van der Waals surface area (Å²) in [5.41, 5.74) is 0. The van der Waals surface area contributed by atoms with Gasteiger partial charge in [-0.15, -0.1) is 0 Å². The highest BCUT2D eigenvalue weighted by molar-refractivity contribution is 5.78. The normalized spacial score (nSPS) is 8.00. The Morgan fingerprint density at radius 1 is 1.36 bits per heavy atom. The van der Waals surface area contributed by atoms with Crippen molar-refractivity contribution in [3.63, 3.8) is 0 Å². The summed E-state index contributed by atoms with van der Waals surface area (Å²) in [5.74, 6) is -0.950. The summed E-state index contributed by atoms with van der Waals surface area (Å²) in [6, 6.07) is 0. The van der Waals surface area contributed by atoms with Crippen molar-refractivity contribution in [3.8, 4) is 0 Å². The molecular weight excluding hydrogens is 186 g/mol. The van der Waals surface area contributed by atoms with Crippen molar-refractivity contribution in [2.75, 3.05) is 7.05 Å². The van der Waals surface area contributed by atoms with Gasteiger partial charge in [0.05, 0.1) is 0 Å². The number of aldehydes is 1. The minimum atomic E-state index is -0.558. The second-order valence-corrected chi connectivity index (χ2v) is 2.18. The molecule has 14 heavy (non-hydrogen) atoms. The molecule has 0 aliphatic carbocycles. The van der Waals surface area contributed by atoms with Crippen LogP contribution in [0.2, 0.25) is 0 Å². The number of carbonyl (C=O) groups is 3. The van der Waals surface area contributed by atoms with Crippen LogP contribution in [0.3, 0.4) is 0 Å². The average Bonchev–Trinajstić information content (AvgIpc) is 2.16. The summed E-state index contributed by atoms with van der Waals surface area (Å²) in [5, 5.41) is 0.825. The van der Waals surface area contributed by atoms with E-state index in [9.17, 15) is 14.4 Å². The van der Waals surface area contributed by atoms with E-state index < -0.39 is 11.9 Å². The maximum Gasteiger partial charge on any atom is 0.329 e. The van der Waals surface area contributed by atoms with Crippen LogP contribution in [0.15, 0.2) is 0 Å². The van der Waals surface area contributed by atoms with Crippen molar-refractivity contribution in [3.05, 3.63) is 0 Å². The third kappa shape index (κ3) is 8.70. The third-order valence-electron chi connectivity index (χ3n) is 1.09. The molecule has 0 aliphatic rings. The molecule has 0 rings (SSSR count). The van der Waals surface area contributed by atoms with Crippen LogP contribution in [0.4, 0.5) is 0 Å². The van der Waals surface area contributed by atoms with Gasteiger partial charge < -0.3 is 9.63 Å². The molecule has 0 heterocycles. The van der Waals surface area contributed by atoms with Crippen LogP contribution in [0.1, 0.15) is 33.6 Å². The molecule has 0 saturated carbocycles. The zero-order valence-electron chi connectivity index (χ0n) is 9.07. The van der Waals surface area contributed by atoms with Gasteiger partial charge in [-0.05, 0) is 0 Å². The van der Waals surface area contributed by atoms with Gasteiger partial charge in [0.25, 0.3) is 5.91 Å². The van der Waals surface area contributed by atoms with E-state index in [2.05, 4.69) is 4.84 Å². The summed E-state index contributed by atoms with van der Waals surface area (Å²) in [4.78, 5) is 35.6. The van der Waals surface area contributed by atoms with Crippen molar-refractivity contribution < 1.29 is 19.2 Å². The van der Waals surface area contributed by atoms with E-state index in [0.717, 1.165) is 5.06 Å². The number of carbonyl (C=O) groups excluding carboxylic acids is 3. The molecule has 0 saturated heterocycles. The lowest BCUT2D eigenvalue weighted by atomic mass is 10.3. The van der Waals surface area contributed by atoms with Gasteiger partial charge in [-0.25, -0.2) is 0 Å². The summed E-state index contributed by atoms with van der Waals surface area (Å²) in [7, 11) is 1.33. The first-order valence-electron chi connectivity index (χ1n) is 4.46. The van der Waals surface area contributed by atoms with Crippen LogP contribution in [-0.2, 0) is 19.2 Å². The molecule has 0 unspecified atom stereocenters. The molecule has 5 heteroatoms. The molecule has 82 valence electrons. The lowest BCUT2D eigenvalue weighted by molar-refractivity contribution is -0.190. The Hall–Kier alpha value is -1.39. The Kier molecular flexibility index (Phi) is 10.5. The van der Waals surface area contributed by atoms with Crippen molar-refractivity contribution in [1.29, 1.82) is 0 Å². The minimum Gasteiger partial charge on any atom is -0.339 e. The molecule has 0 aliphatic heterocycles. The molecule has 0 radical (unpaired) electrons. The second kappa shape index (κ2) is 9.70. The van der Waals surface area contributed by atoms with Crippen molar-refractivity contribution in [2.24, 2.45) is 0 Å². The number of nitrogens with zero attached hydrogens (tertiary/aromatic N) is 1. The number of hydroxylamine groups is 2. The van der Waals surface area contributed by atoms with Gasteiger partial charge in [0, 0.05) is 26.8 Å². The van der Waals surface area contributed by atoms with Crippen LogP contribution in [0.25, 0.3) is 0 Å². The average molecular weight is 203 g/mol. The molecule has 0 fully saturated rings. The molecule has 0 spiro atoms. The molecule has 0 aromatic rings. The highest BCUT2D eigenvalue weighted by Gasteiger charge is 2.10. The molecule has 0 N–H and O–H groups in total. The zero-order valence-corrected chi connectivity index (χ0v) is 9.07. The molecule has 1 amide bonds. The summed E-state index contributed by atoms with van der Waals surface area (Å²) in [6.07, 6.45) is 0.844. The number of amides is 1. The Morgan fingerprint density at radius 3 is 2.21 bits per heavy atom. The first kappa shape index (κ1) is 15.1. The summed E-state index contributed by atoms with van der Waals surface area (Å²) < 4.78 is 0. The predicted octanol–water partition coefficient (Wildman–Crippen LogP) is 0.928. The largest absolute Gasteiger partial charge is 0.339 e. The maximum atomic E-state index is 10.9. The smallest absolute Gasteiger partial charge is 0.329 e. The molecule has 0 bridgehead atoms. The molecule has 0 aromatic carbocycles. The molecule has 0 atom stereocenters. The minimum absolute atomic E-state index is 0.0628. The van der Waals surface area contributed by atoms with Gasteiger partial charge in [0.15, 0.2) is 0 Å². The van der Waals surface area contributed by atoms with E-state index in [4.69, 9.17) is 0 Å². The quantitative estimate of drug-likeness (QED) is 0.505. The SMILES string of the molecule is CC.CC(=O)ON(C)C(=O)CCC=O. The third-order valence-corrected chi connectivity index (χ3v) is 1.09. The van der Waals surface area contributed by atoms with E-state index in [0.29, 0.717) is 6.29 Å². The van der Waals surface area contributed by atoms with Crippen molar-refractivity contribution in [1.82, 2.24) is 5.06 Å². The molecule has 5 nitrogen and oxygen atoms in total. The van der Waals surface area contributed by atoms with E-state index in [1.54, 1.807) is 0 Å². The highest BCUT2D eigenvalue weighted by Crippen LogP contribution is 1.94. The second-order valence-electron chi connectivity index (χ2n) is 2.18. The standard InChI is InChI=1S/C7H11NO4.C2H6/c1-6(10)12-8(2)7(11)4-3-5-9;1-2/h5H,3-4H2,1-2H3;1-2H3. The Balaban J connectivity index is 0. The van der Waals surface area contributed by atoms with Gasteiger partial charge in [-0.1, -0.05) is 13.8 Å². The monoisotopic (exact) mass is 203 g/mol. The Labute approximate surface area is 84.0 Å². The maximum absolute atomic E-state index is 10.9. The van der Waals surface area contributed by atoms with Crippen LogP contribution < -0.4 is 0 Å². The van der Waals surface area contributed by atoms with Crippen LogP contribution in [-0.4, -0.2) is 30.3 Å². The van der Waals surface area contributed by atoms with Crippen LogP contribution >= 0.6 is 0 Å². The van der Waals surface area contributed by atoms with E-state index in [1.165, 1.54) is 14.0 Å². The summed E-state index contributed by atoms with van der Waals surface area (Å²) >= 11 is 0. The lowest BCUT2D eigenvalue weighted by Crippen LogP contribution is -2.28. The predicted molar refractivity (Wildman–Crippen MR) is 51.2 cm³/mol. The van der Waals surface area contributed by atoms with Gasteiger partial charge in [-0.2, -0.15) is 5.06 Å². The highest BCUT2D eigenvalue weighted by atomic mass is 16.7. The van der Waals surface area contributed by atoms with Gasteiger partial charge in [0.2, 0.25) is 0 Å². The fraction of sp³-hybridized carbons (Fsp3) is 0.667. The Morgan fingerprint density at radius 2 is 1.86 bits per heavy atom. The number of rotatable bonds is 3. The fourth-order valence-corrected chi connectivity index (χ4v) is 0.584. The van der Waals surface area contributed by atoms with Crippen LogP contribution in [0.5, 0.6) is 0 Å². The summed E-state index contributed by atoms with van der Waals surface area (Å²) in [6.45, 7) is 5.20. The Bertz CT molecular complexity index is 191. The first-order valence-corrected chi connectivity index (χ1v) is 4.46. The van der Waals surface area contributed by atoms with Gasteiger partial charge in [-0.3, -0.25) is 9.59 Å². The van der Waals surface area contributed by atoms with Crippen molar-refractivity contribution >= 4 is 18.2 Å². The first-order chi connectivity index (χ1) is 6.57.